The summed E-state index contributed by atoms with van der Waals surface area (Å²) in [5, 5.41) is 0. The van der Waals surface area contributed by atoms with Crippen molar-refractivity contribution in [2.24, 2.45) is 35.5 Å². The van der Waals surface area contributed by atoms with Gasteiger partial charge in [0.1, 0.15) is 0 Å². The Hall–Kier alpha value is -1.76. The summed E-state index contributed by atoms with van der Waals surface area (Å²) in [7, 11) is 3.33. The van der Waals surface area contributed by atoms with Crippen LogP contribution in [0.3, 0.4) is 0 Å². The predicted octanol–water partition coefficient (Wildman–Crippen LogP) is 2.38. The van der Waals surface area contributed by atoms with Gasteiger partial charge in [-0.3, -0.25) is 29.0 Å². The number of carbonyl (C=O) groups is 4. The van der Waals surface area contributed by atoms with Gasteiger partial charge in [0.25, 0.3) is 0 Å². The first-order chi connectivity index (χ1) is 14.9. The number of amides is 4. The van der Waals surface area contributed by atoms with Gasteiger partial charge in [-0.05, 0) is 76.0 Å². The van der Waals surface area contributed by atoms with E-state index in [0.717, 1.165) is 64.2 Å². The molecule has 2 saturated heterocycles. The van der Waals surface area contributed by atoms with Crippen LogP contribution in [0.25, 0.3) is 0 Å². The molecule has 3 aliphatic carbocycles. The van der Waals surface area contributed by atoms with Gasteiger partial charge in [-0.25, -0.2) is 0 Å². The van der Waals surface area contributed by atoms with E-state index >= 15 is 0 Å². The van der Waals surface area contributed by atoms with Gasteiger partial charge in [-0.15, -0.1) is 0 Å². The summed E-state index contributed by atoms with van der Waals surface area (Å²) in [6, 6.07) is 0.0311. The molecule has 0 aromatic rings. The molecule has 5 fully saturated rings. The summed E-state index contributed by atoms with van der Waals surface area (Å²) >= 11 is 0. The summed E-state index contributed by atoms with van der Waals surface area (Å²) in [6.45, 7) is 0. The Bertz CT molecular complexity index is 789. The standard InChI is InChI=1S/C24H34N2O5/c1-25-21(27)17-9-3-13(11-19(17)22(25)28)14-4-10-18-20(12-14)24(30)26(23(18)29)15-5-7-16(31-2)8-6-15/h13-20H,3-12H2,1-2H3. The van der Waals surface area contributed by atoms with Crippen molar-refractivity contribution in [1.29, 1.82) is 0 Å². The normalized spacial score (nSPS) is 43.4. The molecule has 7 nitrogen and oxygen atoms in total. The summed E-state index contributed by atoms with van der Waals surface area (Å²) in [5.74, 6) is 0.133. The molecule has 2 aliphatic heterocycles. The Morgan fingerprint density at radius 1 is 0.645 bits per heavy atom. The zero-order valence-corrected chi connectivity index (χ0v) is 18.6. The van der Waals surface area contributed by atoms with Crippen LogP contribution in [0.4, 0.5) is 0 Å². The molecule has 6 atom stereocenters. The smallest absolute Gasteiger partial charge is 0.233 e. The minimum atomic E-state index is -0.187. The number of nitrogens with zero attached hydrogens (tertiary/aromatic N) is 2. The minimum Gasteiger partial charge on any atom is -0.381 e. The Labute approximate surface area is 183 Å². The topological polar surface area (TPSA) is 84.0 Å². The Balaban J connectivity index is 1.25. The van der Waals surface area contributed by atoms with Crippen LogP contribution in [0.15, 0.2) is 0 Å². The molecule has 4 amide bonds. The average molecular weight is 431 g/mol. The Morgan fingerprint density at radius 2 is 1.13 bits per heavy atom. The Kier molecular flexibility index (Phi) is 5.43. The highest BCUT2D eigenvalue weighted by Crippen LogP contribution is 2.50. The lowest BCUT2D eigenvalue weighted by Gasteiger charge is -2.38. The third-order valence-corrected chi connectivity index (χ3v) is 9.20. The fourth-order valence-corrected chi connectivity index (χ4v) is 7.37. The number of methoxy groups -OCH3 is 1. The number of likely N-dealkylation sites (tertiary alicyclic amines) is 2. The van der Waals surface area contributed by atoms with Crippen LogP contribution in [0.1, 0.15) is 64.2 Å². The second kappa shape index (κ2) is 7.98. The van der Waals surface area contributed by atoms with Crippen molar-refractivity contribution >= 4 is 23.6 Å². The molecule has 3 saturated carbocycles. The van der Waals surface area contributed by atoms with Crippen molar-refractivity contribution in [1.82, 2.24) is 9.80 Å². The number of rotatable bonds is 3. The monoisotopic (exact) mass is 430 g/mol. The summed E-state index contributed by atoms with van der Waals surface area (Å²) in [4.78, 5) is 54.2. The van der Waals surface area contributed by atoms with Gasteiger partial charge >= 0.3 is 0 Å². The van der Waals surface area contributed by atoms with E-state index in [-0.39, 0.29) is 59.4 Å². The summed E-state index contributed by atoms with van der Waals surface area (Å²) < 4.78 is 5.45. The third-order valence-electron chi connectivity index (χ3n) is 9.20. The highest BCUT2D eigenvalue weighted by Gasteiger charge is 2.55. The lowest BCUT2D eigenvalue weighted by Crippen LogP contribution is -2.43. The lowest BCUT2D eigenvalue weighted by atomic mass is 9.64. The molecular formula is C24H34N2O5. The van der Waals surface area contributed by atoms with Gasteiger partial charge in [-0.1, -0.05) is 0 Å². The maximum atomic E-state index is 13.3. The van der Waals surface area contributed by atoms with E-state index in [9.17, 15) is 19.2 Å². The van der Waals surface area contributed by atoms with Crippen LogP contribution in [0, 0.1) is 35.5 Å². The van der Waals surface area contributed by atoms with Crippen LogP contribution in [0.2, 0.25) is 0 Å². The molecule has 5 rings (SSSR count). The maximum absolute atomic E-state index is 13.3. The number of hydrogen-bond donors (Lipinski definition) is 0. The number of hydrogen-bond acceptors (Lipinski definition) is 5. The number of imide groups is 2. The van der Waals surface area contributed by atoms with Crippen molar-refractivity contribution in [3.8, 4) is 0 Å². The van der Waals surface area contributed by atoms with Crippen molar-refractivity contribution in [2.75, 3.05) is 14.2 Å². The number of ether oxygens (including phenoxy) is 1. The minimum absolute atomic E-state index is 0.0208. The van der Waals surface area contributed by atoms with Crippen LogP contribution in [-0.4, -0.2) is 59.7 Å². The van der Waals surface area contributed by atoms with E-state index in [2.05, 4.69) is 0 Å². The van der Waals surface area contributed by atoms with Crippen LogP contribution in [-0.2, 0) is 23.9 Å². The highest BCUT2D eigenvalue weighted by atomic mass is 16.5. The second-order valence-electron chi connectivity index (χ2n) is 10.5. The van der Waals surface area contributed by atoms with Crippen molar-refractivity contribution in [3.05, 3.63) is 0 Å². The van der Waals surface area contributed by atoms with Crippen LogP contribution >= 0.6 is 0 Å². The SMILES string of the molecule is COC1CCC(N2C(=O)C3CCC(C4CCC5C(=O)N(C)C(=O)C5C4)CC3C2=O)CC1. The van der Waals surface area contributed by atoms with Crippen LogP contribution in [0.5, 0.6) is 0 Å². The molecule has 0 bridgehead atoms. The quantitative estimate of drug-likeness (QED) is 0.642. The maximum Gasteiger partial charge on any atom is 0.233 e. The van der Waals surface area contributed by atoms with Crippen molar-refractivity contribution in [2.45, 2.75) is 76.4 Å². The van der Waals surface area contributed by atoms with Gasteiger partial charge < -0.3 is 4.74 Å². The second-order valence-corrected chi connectivity index (χ2v) is 10.5. The number of carbonyl (C=O) groups excluding carboxylic acids is 4. The average Bonchev–Trinajstić information content (AvgIpc) is 3.18. The third kappa shape index (κ3) is 3.35. The molecular weight excluding hydrogens is 396 g/mol. The van der Waals surface area contributed by atoms with E-state index in [1.54, 1.807) is 19.1 Å². The van der Waals surface area contributed by atoms with Crippen molar-refractivity contribution in [3.63, 3.8) is 0 Å². The fraction of sp³-hybridized carbons (Fsp3) is 0.833. The summed E-state index contributed by atoms with van der Waals surface area (Å²) in [6.07, 6.45) is 8.71. The molecule has 0 aromatic carbocycles. The molecule has 0 N–H and O–H groups in total. The predicted molar refractivity (Wildman–Crippen MR) is 111 cm³/mol. The zero-order valence-electron chi connectivity index (χ0n) is 18.6. The first-order valence-corrected chi connectivity index (χ1v) is 12.1. The molecule has 0 aromatic heterocycles. The van der Waals surface area contributed by atoms with E-state index in [4.69, 9.17) is 4.74 Å². The Morgan fingerprint density at radius 3 is 1.71 bits per heavy atom. The lowest BCUT2D eigenvalue weighted by molar-refractivity contribution is -0.144. The van der Waals surface area contributed by atoms with Crippen molar-refractivity contribution < 1.29 is 23.9 Å². The molecule has 31 heavy (non-hydrogen) atoms. The van der Waals surface area contributed by atoms with Gasteiger partial charge in [0.2, 0.25) is 23.6 Å². The van der Waals surface area contributed by atoms with Gasteiger partial charge in [-0.2, -0.15) is 0 Å². The van der Waals surface area contributed by atoms with E-state index in [1.807, 2.05) is 0 Å². The first kappa shape index (κ1) is 21.1. The summed E-state index contributed by atoms with van der Waals surface area (Å²) in [5.41, 5.74) is 0. The molecule has 170 valence electrons. The highest BCUT2D eigenvalue weighted by molar-refractivity contribution is 6.06. The van der Waals surface area contributed by atoms with Gasteiger partial charge in [0, 0.05) is 20.2 Å². The van der Waals surface area contributed by atoms with E-state index in [0.29, 0.717) is 11.8 Å². The largest absolute Gasteiger partial charge is 0.381 e. The fourth-order valence-electron chi connectivity index (χ4n) is 7.37. The molecule has 6 unspecified atom stereocenters. The molecule has 0 radical (unpaired) electrons. The van der Waals surface area contributed by atoms with E-state index in [1.165, 1.54) is 4.90 Å². The van der Waals surface area contributed by atoms with Gasteiger partial charge in [0.15, 0.2) is 0 Å². The number of fused-ring (bicyclic) bond motifs is 2. The van der Waals surface area contributed by atoms with Crippen LogP contribution < -0.4 is 0 Å². The molecule has 5 aliphatic rings. The van der Waals surface area contributed by atoms with E-state index < -0.39 is 0 Å². The molecule has 2 heterocycles. The molecule has 7 heteroatoms. The zero-order chi connectivity index (χ0) is 21.9. The molecule has 0 spiro atoms. The van der Waals surface area contributed by atoms with Gasteiger partial charge in [0.05, 0.1) is 29.8 Å². The first-order valence-electron chi connectivity index (χ1n) is 12.1.